The Bertz CT molecular complexity index is 2440. The molecule has 0 heterocycles. The van der Waals surface area contributed by atoms with Crippen molar-refractivity contribution >= 4 is 0 Å². The molecular formula is C55H54N2. The molecule has 0 aliphatic heterocycles. The molecule has 0 bridgehead atoms. The second kappa shape index (κ2) is 17.8. The summed E-state index contributed by atoms with van der Waals surface area (Å²) >= 11 is 0. The Hall–Kier alpha value is -6.06. The van der Waals surface area contributed by atoms with Gasteiger partial charge in [0.05, 0.1) is 5.41 Å². The van der Waals surface area contributed by atoms with Crippen LogP contribution < -0.4 is 11.5 Å². The lowest BCUT2D eigenvalue weighted by atomic mass is 9.58. The standard InChI is InChI=1S/C41H33N.C7H13N.C7H8/c1-2-32-33-15-6-8-17-37(33)41(38-18-9-7-16-34(32)38)39-24-30(28-12-4-3-5-13-28)19-21-35(39)36-22-20-31(25-40(36)41)29-14-10-11-27(23-29)26-42;1-3-4-5-6-7(2)8;1-7-5-3-2-4-6-7/h3-25,32H,2,26,42H2,1H3;3-7H,8H2,1-2H3;2-6H,1H3/b;4-3-,6-5-;. The third-order valence-corrected chi connectivity index (χ3v) is 11.3. The molecule has 9 rings (SSSR count). The number of hydrogen-bond donors (Lipinski definition) is 2. The molecule has 0 fully saturated rings. The fourth-order valence-corrected chi connectivity index (χ4v) is 8.69. The molecule has 1 spiro atoms. The van der Waals surface area contributed by atoms with Gasteiger partial charge >= 0.3 is 0 Å². The van der Waals surface area contributed by atoms with Crippen molar-refractivity contribution in [1.29, 1.82) is 0 Å². The molecule has 4 N–H and O–H groups in total. The highest BCUT2D eigenvalue weighted by molar-refractivity contribution is 5.91. The molecule has 57 heavy (non-hydrogen) atoms. The molecule has 0 saturated heterocycles. The molecular weight excluding hydrogens is 689 g/mol. The van der Waals surface area contributed by atoms with Gasteiger partial charge in [0, 0.05) is 18.5 Å². The summed E-state index contributed by atoms with van der Waals surface area (Å²) in [7, 11) is 0. The Kier molecular flexibility index (Phi) is 12.2. The summed E-state index contributed by atoms with van der Waals surface area (Å²) in [6.45, 7) is 8.86. The zero-order valence-corrected chi connectivity index (χ0v) is 33.7. The van der Waals surface area contributed by atoms with Gasteiger partial charge in [0.15, 0.2) is 0 Å². The average Bonchev–Trinajstić information content (AvgIpc) is 3.54. The van der Waals surface area contributed by atoms with E-state index in [1.54, 1.807) is 0 Å². The van der Waals surface area contributed by atoms with Gasteiger partial charge in [0.2, 0.25) is 0 Å². The molecule has 0 radical (unpaired) electrons. The Labute approximate surface area is 340 Å². The van der Waals surface area contributed by atoms with Crippen molar-refractivity contribution in [2.24, 2.45) is 11.5 Å². The summed E-state index contributed by atoms with van der Waals surface area (Å²) in [4.78, 5) is 0. The van der Waals surface area contributed by atoms with Crippen molar-refractivity contribution in [2.75, 3.05) is 0 Å². The van der Waals surface area contributed by atoms with Crippen LogP contribution in [-0.2, 0) is 12.0 Å². The van der Waals surface area contributed by atoms with Crippen LogP contribution >= 0.6 is 0 Å². The molecule has 2 nitrogen and oxygen atoms in total. The van der Waals surface area contributed by atoms with E-state index < -0.39 is 5.41 Å². The molecule has 0 saturated carbocycles. The molecule has 7 aromatic carbocycles. The van der Waals surface area contributed by atoms with E-state index in [-0.39, 0.29) is 6.04 Å². The third-order valence-electron chi connectivity index (χ3n) is 11.3. The molecule has 1 atom stereocenters. The van der Waals surface area contributed by atoms with E-state index in [4.69, 9.17) is 11.5 Å². The fraction of sp³-hybridized carbons (Fsp3) is 0.164. The van der Waals surface area contributed by atoms with Gasteiger partial charge in [-0.05, 0) is 118 Å². The Morgan fingerprint density at radius 3 is 1.58 bits per heavy atom. The first-order valence-corrected chi connectivity index (χ1v) is 20.3. The van der Waals surface area contributed by atoms with Gasteiger partial charge < -0.3 is 11.5 Å². The van der Waals surface area contributed by atoms with E-state index in [0.29, 0.717) is 12.5 Å². The van der Waals surface area contributed by atoms with Gasteiger partial charge in [-0.1, -0.05) is 188 Å². The van der Waals surface area contributed by atoms with Crippen LogP contribution in [-0.4, -0.2) is 6.04 Å². The number of aryl methyl sites for hydroxylation is 1. The summed E-state index contributed by atoms with van der Waals surface area (Å²) in [5.41, 5.74) is 29.6. The van der Waals surface area contributed by atoms with E-state index >= 15 is 0 Å². The quantitative estimate of drug-likeness (QED) is 0.167. The first kappa shape index (κ1) is 39.2. The normalized spacial score (nSPS) is 16.4. The van der Waals surface area contributed by atoms with Gasteiger partial charge in [-0.15, -0.1) is 0 Å². The number of nitrogens with two attached hydrogens (primary N) is 2. The topological polar surface area (TPSA) is 52.0 Å². The molecule has 1 unspecified atom stereocenters. The van der Waals surface area contributed by atoms with Gasteiger partial charge in [0.1, 0.15) is 0 Å². The van der Waals surface area contributed by atoms with Gasteiger partial charge in [-0.3, -0.25) is 0 Å². The molecule has 2 aliphatic carbocycles. The van der Waals surface area contributed by atoms with Crippen LogP contribution in [0.5, 0.6) is 0 Å². The van der Waals surface area contributed by atoms with Crippen LogP contribution in [0, 0.1) is 6.92 Å². The van der Waals surface area contributed by atoms with Gasteiger partial charge in [-0.25, -0.2) is 0 Å². The van der Waals surface area contributed by atoms with Crippen LogP contribution in [0.1, 0.15) is 77.6 Å². The lowest BCUT2D eigenvalue weighted by molar-refractivity contribution is 0.649. The number of hydrogen-bond acceptors (Lipinski definition) is 2. The highest BCUT2D eigenvalue weighted by atomic mass is 14.6. The Balaban J connectivity index is 0.000000280. The number of fused-ring (bicyclic) bond motifs is 9. The molecule has 0 amide bonds. The number of benzene rings is 7. The SMILES string of the molecule is C/C=C\C=C/C(C)N.CCC1c2ccccc2C2(c3cc(-c4ccccc4)ccc3-c3ccc(-c4cccc(CN)c4)cc32)c2ccccc21.Cc1ccccc1. The van der Waals surface area contributed by atoms with Crippen LogP contribution in [0.2, 0.25) is 0 Å². The third kappa shape index (κ3) is 7.85. The van der Waals surface area contributed by atoms with Crippen LogP contribution in [0.15, 0.2) is 194 Å². The second-order valence-electron chi connectivity index (χ2n) is 15.1. The van der Waals surface area contributed by atoms with Crippen molar-refractivity contribution in [1.82, 2.24) is 0 Å². The lowest BCUT2D eigenvalue weighted by Gasteiger charge is -2.43. The summed E-state index contributed by atoms with van der Waals surface area (Å²) < 4.78 is 0. The Morgan fingerprint density at radius 1 is 0.561 bits per heavy atom. The van der Waals surface area contributed by atoms with Crippen molar-refractivity contribution in [3.05, 3.63) is 239 Å². The maximum absolute atomic E-state index is 6.05. The minimum Gasteiger partial charge on any atom is -0.326 e. The van der Waals surface area contributed by atoms with Crippen molar-refractivity contribution < 1.29 is 0 Å². The highest BCUT2D eigenvalue weighted by Crippen LogP contribution is 2.62. The smallest absolute Gasteiger partial charge is 0.0719 e. The van der Waals surface area contributed by atoms with Crippen LogP contribution in [0.4, 0.5) is 0 Å². The average molecular weight is 743 g/mol. The minimum absolute atomic E-state index is 0.172. The van der Waals surface area contributed by atoms with Gasteiger partial charge in [-0.2, -0.15) is 0 Å². The molecule has 2 heteroatoms. The van der Waals surface area contributed by atoms with E-state index in [1.807, 2.05) is 56.4 Å². The monoisotopic (exact) mass is 742 g/mol. The Morgan fingerprint density at radius 2 is 1.07 bits per heavy atom. The predicted molar refractivity (Wildman–Crippen MR) is 243 cm³/mol. The fourth-order valence-electron chi connectivity index (χ4n) is 8.69. The van der Waals surface area contributed by atoms with E-state index in [2.05, 4.69) is 166 Å². The molecule has 2 aliphatic rings. The minimum atomic E-state index is -0.407. The van der Waals surface area contributed by atoms with Crippen LogP contribution in [0.25, 0.3) is 33.4 Å². The van der Waals surface area contributed by atoms with Gasteiger partial charge in [0.25, 0.3) is 0 Å². The predicted octanol–water partition coefficient (Wildman–Crippen LogP) is 13.2. The lowest BCUT2D eigenvalue weighted by Crippen LogP contribution is -2.35. The molecule has 284 valence electrons. The number of allylic oxidation sites excluding steroid dienone is 3. The largest absolute Gasteiger partial charge is 0.326 e. The first-order valence-electron chi connectivity index (χ1n) is 20.3. The molecule has 0 aromatic heterocycles. The molecule has 7 aromatic rings. The number of rotatable bonds is 6. The van der Waals surface area contributed by atoms with E-state index in [0.717, 1.165) is 12.0 Å². The first-order chi connectivity index (χ1) is 27.9. The highest BCUT2D eigenvalue weighted by Gasteiger charge is 2.51. The summed E-state index contributed by atoms with van der Waals surface area (Å²) in [5.74, 6) is 0.372. The zero-order valence-electron chi connectivity index (χ0n) is 33.7. The van der Waals surface area contributed by atoms with Crippen LogP contribution in [0.3, 0.4) is 0 Å². The maximum atomic E-state index is 6.05. The van der Waals surface area contributed by atoms with Crippen molar-refractivity contribution in [3.63, 3.8) is 0 Å². The summed E-state index contributed by atoms with van der Waals surface area (Å²) in [6, 6.07) is 62.6. The van der Waals surface area contributed by atoms with E-state index in [1.165, 1.54) is 72.3 Å². The van der Waals surface area contributed by atoms with Crippen molar-refractivity contribution in [3.8, 4) is 33.4 Å². The van der Waals surface area contributed by atoms with Crippen molar-refractivity contribution in [2.45, 2.75) is 58.0 Å². The zero-order chi connectivity index (χ0) is 39.8. The maximum Gasteiger partial charge on any atom is 0.0719 e. The summed E-state index contributed by atoms with van der Waals surface area (Å²) in [5, 5.41) is 0. The second-order valence-corrected chi connectivity index (χ2v) is 15.1. The van der Waals surface area contributed by atoms with E-state index in [9.17, 15) is 0 Å². The summed E-state index contributed by atoms with van der Waals surface area (Å²) in [6.07, 6.45) is 8.90.